The maximum absolute atomic E-state index is 5.93. The minimum atomic E-state index is 0.531. The third-order valence-corrected chi connectivity index (χ3v) is 4.55. The van der Waals surface area contributed by atoms with Gasteiger partial charge in [-0.3, -0.25) is 4.90 Å². The minimum absolute atomic E-state index is 0.531. The molecular weight excluding hydrogens is 244 g/mol. The van der Waals surface area contributed by atoms with Gasteiger partial charge >= 0.3 is 0 Å². The van der Waals surface area contributed by atoms with Crippen LogP contribution in [0, 0.1) is 0 Å². The van der Waals surface area contributed by atoms with Crippen LogP contribution in [0.3, 0.4) is 0 Å². The highest BCUT2D eigenvalue weighted by Gasteiger charge is 2.33. The van der Waals surface area contributed by atoms with Crippen molar-refractivity contribution in [2.24, 2.45) is 0 Å². The van der Waals surface area contributed by atoms with Crippen LogP contribution >= 0.6 is 11.6 Å². The van der Waals surface area contributed by atoms with Crippen LogP contribution in [0.15, 0.2) is 24.3 Å². The minimum Gasteiger partial charge on any atom is -0.309 e. The lowest BCUT2D eigenvalue weighted by molar-refractivity contribution is 0.0515. The molecule has 0 radical (unpaired) electrons. The van der Waals surface area contributed by atoms with Crippen LogP contribution in [-0.4, -0.2) is 29.1 Å². The Morgan fingerprint density at radius 3 is 2.00 bits per heavy atom. The summed E-state index contributed by atoms with van der Waals surface area (Å²) in [5.41, 5.74) is 1.33. The summed E-state index contributed by atoms with van der Waals surface area (Å²) in [5, 5.41) is 4.45. The van der Waals surface area contributed by atoms with Gasteiger partial charge in [-0.15, -0.1) is 0 Å². The monoisotopic (exact) mass is 266 g/mol. The van der Waals surface area contributed by atoms with E-state index in [1.165, 1.54) is 5.56 Å². The van der Waals surface area contributed by atoms with Gasteiger partial charge in [0.05, 0.1) is 0 Å². The maximum atomic E-state index is 5.93. The van der Waals surface area contributed by atoms with E-state index in [0.717, 1.165) is 11.6 Å². The smallest absolute Gasteiger partial charge is 0.0406 e. The first-order chi connectivity index (χ1) is 8.49. The summed E-state index contributed by atoms with van der Waals surface area (Å²) in [4.78, 5) is 2.58. The van der Waals surface area contributed by atoms with Crippen molar-refractivity contribution in [3.63, 3.8) is 0 Å². The molecule has 1 heterocycles. The zero-order valence-electron chi connectivity index (χ0n) is 11.7. The number of nitrogens with zero attached hydrogens (tertiary/aromatic N) is 1. The van der Waals surface area contributed by atoms with Gasteiger partial charge in [0.1, 0.15) is 0 Å². The van der Waals surface area contributed by atoms with Crippen LogP contribution in [0.1, 0.15) is 33.3 Å². The topological polar surface area (TPSA) is 15.3 Å². The van der Waals surface area contributed by atoms with Crippen LogP contribution < -0.4 is 5.32 Å². The number of piperazine rings is 1. The molecule has 0 saturated carbocycles. The van der Waals surface area contributed by atoms with E-state index in [-0.39, 0.29) is 0 Å². The van der Waals surface area contributed by atoms with Crippen LogP contribution in [0.5, 0.6) is 0 Å². The quantitative estimate of drug-likeness (QED) is 0.884. The number of hydrogen-bond acceptors (Lipinski definition) is 2. The lowest BCUT2D eigenvalue weighted by atomic mass is 9.96. The second-order valence-electron chi connectivity index (χ2n) is 5.52. The van der Waals surface area contributed by atoms with Crippen LogP contribution in [0.25, 0.3) is 0 Å². The van der Waals surface area contributed by atoms with E-state index in [2.05, 4.69) is 50.0 Å². The zero-order valence-corrected chi connectivity index (χ0v) is 12.4. The number of halogens is 1. The standard InChI is InChI=1S/C15H23ClN2/c1-10-12(3)18(13(4)11(2)17-10)9-14-5-7-15(16)8-6-14/h5-8,10-13,17H,9H2,1-4H3/t10-,11+,12-,13-/m0/s1. The summed E-state index contributed by atoms with van der Waals surface area (Å²) < 4.78 is 0. The molecule has 1 fully saturated rings. The van der Waals surface area contributed by atoms with Crippen molar-refractivity contribution in [2.75, 3.05) is 0 Å². The molecule has 1 saturated heterocycles. The maximum Gasteiger partial charge on any atom is 0.0406 e. The average Bonchev–Trinajstić information content (AvgIpc) is 2.34. The molecule has 1 aromatic carbocycles. The summed E-state index contributed by atoms with van der Waals surface area (Å²) >= 11 is 5.93. The predicted octanol–water partition coefficient (Wildman–Crippen LogP) is 3.30. The highest BCUT2D eigenvalue weighted by molar-refractivity contribution is 6.30. The summed E-state index contributed by atoms with van der Waals surface area (Å²) in [6.07, 6.45) is 0. The fraction of sp³-hybridized carbons (Fsp3) is 0.600. The molecular formula is C15H23ClN2. The molecule has 0 amide bonds. The molecule has 0 spiro atoms. The van der Waals surface area contributed by atoms with Gasteiger partial charge in [-0.25, -0.2) is 0 Å². The third kappa shape index (κ3) is 2.87. The van der Waals surface area contributed by atoms with Crippen molar-refractivity contribution in [2.45, 2.75) is 58.4 Å². The highest BCUT2D eigenvalue weighted by Crippen LogP contribution is 2.22. The Hall–Kier alpha value is -0.570. The van der Waals surface area contributed by atoms with Gasteiger partial charge in [0.2, 0.25) is 0 Å². The van der Waals surface area contributed by atoms with Gasteiger partial charge in [0, 0.05) is 35.7 Å². The zero-order chi connectivity index (χ0) is 13.3. The van der Waals surface area contributed by atoms with E-state index in [1.807, 2.05) is 12.1 Å². The van der Waals surface area contributed by atoms with E-state index < -0.39 is 0 Å². The molecule has 0 aromatic heterocycles. The number of nitrogens with one attached hydrogen (secondary N) is 1. The first-order valence-electron chi connectivity index (χ1n) is 6.75. The van der Waals surface area contributed by atoms with Crippen molar-refractivity contribution in [1.82, 2.24) is 10.2 Å². The number of benzene rings is 1. The molecule has 0 unspecified atom stereocenters. The van der Waals surface area contributed by atoms with Gasteiger partial charge in [0.15, 0.2) is 0 Å². The van der Waals surface area contributed by atoms with Gasteiger partial charge in [-0.1, -0.05) is 23.7 Å². The largest absolute Gasteiger partial charge is 0.309 e. The Labute approximate surface area is 115 Å². The van der Waals surface area contributed by atoms with E-state index >= 15 is 0 Å². The molecule has 2 rings (SSSR count). The Morgan fingerprint density at radius 1 is 1.00 bits per heavy atom. The molecule has 1 aliphatic heterocycles. The van der Waals surface area contributed by atoms with Crippen molar-refractivity contribution in [3.8, 4) is 0 Å². The van der Waals surface area contributed by atoms with Crippen LogP contribution in [-0.2, 0) is 6.54 Å². The summed E-state index contributed by atoms with van der Waals surface area (Å²) in [6.45, 7) is 10.1. The molecule has 18 heavy (non-hydrogen) atoms. The fourth-order valence-electron chi connectivity index (χ4n) is 2.73. The molecule has 1 aliphatic rings. The van der Waals surface area contributed by atoms with Crippen molar-refractivity contribution >= 4 is 11.6 Å². The second-order valence-corrected chi connectivity index (χ2v) is 5.96. The van der Waals surface area contributed by atoms with Crippen molar-refractivity contribution in [3.05, 3.63) is 34.9 Å². The fourth-order valence-corrected chi connectivity index (χ4v) is 2.85. The normalized spacial score (nSPS) is 33.6. The lowest BCUT2D eigenvalue weighted by Crippen LogP contribution is -2.63. The number of hydrogen-bond donors (Lipinski definition) is 1. The Morgan fingerprint density at radius 2 is 1.50 bits per heavy atom. The molecule has 4 atom stereocenters. The van der Waals surface area contributed by atoms with E-state index in [4.69, 9.17) is 11.6 Å². The lowest BCUT2D eigenvalue weighted by Gasteiger charge is -2.47. The van der Waals surface area contributed by atoms with Crippen molar-refractivity contribution in [1.29, 1.82) is 0 Å². The van der Waals surface area contributed by atoms with E-state index in [9.17, 15) is 0 Å². The number of rotatable bonds is 2. The summed E-state index contributed by atoms with van der Waals surface area (Å²) in [6, 6.07) is 10.4. The summed E-state index contributed by atoms with van der Waals surface area (Å²) in [5.74, 6) is 0. The van der Waals surface area contributed by atoms with Gasteiger partial charge in [-0.2, -0.15) is 0 Å². The Balaban J connectivity index is 2.12. The van der Waals surface area contributed by atoms with Gasteiger partial charge in [-0.05, 0) is 45.4 Å². The van der Waals surface area contributed by atoms with Gasteiger partial charge in [0.25, 0.3) is 0 Å². The Kier molecular flexibility index (Phi) is 4.31. The van der Waals surface area contributed by atoms with Crippen LogP contribution in [0.4, 0.5) is 0 Å². The Bertz CT molecular complexity index is 376. The molecule has 1 N–H and O–H groups in total. The molecule has 3 heteroatoms. The molecule has 0 aliphatic carbocycles. The second kappa shape index (κ2) is 5.60. The van der Waals surface area contributed by atoms with Crippen LogP contribution in [0.2, 0.25) is 5.02 Å². The molecule has 100 valence electrons. The molecule has 1 aromatic rings. The van der Waals surface area contributed by atoms with E-state index in [0.29, 0.717) is 24.2 Å². The van der Waals surface area contributed by atoms with Gasteiger partial charge < -0.3 is 5.32 Å². The van der Waals surface area contributed by atoms with Crippen molar-refractivity contribution < 1.29 is 0 Å². The molecule has 2 nitrogen and oxygen atoms in total. The SMILES string of the molecule is C[C@@H]1N[C@H](C)[C@H](C)N(Cc2ccc(Cl)cc2)[C@H]1C. The average molecular weight is 267 g/mol. The molecule has 0 bridgehead atoms. The first kappa shape index (κ1) is 13.9. The predicted molar refractivity (Wildman–Crippen MR) is 78.0 cm³/mol. The van der Waals surface area contributed by atoms with E-state index in [1.54, 1.807) is 0 Å². The summed E-state index contributed by atoms with van der Waals surface area (Å²) in [7, 11) is 0. The third-order valence-electron chi connectivity index (χ3n) is 4.30. The first-order valence-corrected chi connectivity index (χ1v) is 7.13. The highest BCUT2D eigenvalue weighted by atomic mass is 35.5.